The van der Waals surface area contributed by atoms with Crippen molar-refractivity contribution >= 4 is 17.7 Å². The van der Waals surface area contributed by atoms with Crippen LogP contribution in [0.1, 0.15) is 40.0 Å². The number of ketones is 1. The van der Waals surface area contributed by atoms with E-state index < -0.39 is 47.1 Å². The van der Waals surface area contributed by atoms with E-state index in [9.17, 15) is 29.6 Å². The molecule has 0 fully saturated rings. The fourth-order valence-corrected chi connectivity index (χ4v) is 1.47. The molecule has 0 heterocycles. The Morgan fingerprint density at radius 3 is 2.26 bits per heavy atom. The summed E-state index contributed by atoms with van der Waals surface area (Å²) in [5.41, 5.74) is -1.03. The summed E-state index contributed by atoms with van der Waals surface area (Å²) in [5, 5.41) is 19.2. The van der Waals surface area contributed by atoms with Crippen LogP contribution in [0.15, 0.2) is 0 Å². The van der Waals surface area contributed by atoms with Gasteiger partial charge in [0.15, 0.2) is 0 Å². The Balaban J connectivity index is 4.32. The molecule has 0 aliphatic heterocycles. The summed E-state index contributed by atoms with van der Waals surface area (Å²) in [6, 6.07) is 0. The summed E-state index contributed by atoms with van der Waals surface area (Å²) >= 11 is 0. The number of hydrogen-bond acceptors (Lipinski definition) is 7. The number of hydrogen-bond donors (Lipinski definition) is 1. The lowest BCUT2D eigenvalue weighted by Gasteiger charge is -2.25. The number of nitro groups is 1. The van der Waals surface area contributed by atoms with Gasteiger partial charge in [-0.25, -0.2) is 9.59 Å². The van der Waals surface area contributed by atoms with Gasteiger partial charge < -0.3 is 9.84 Å². The Bertz CT molecular complexity index is 387. The maximum absolute atomic E-state index is 11.4. The Kier molecular flexibility index (Phi) is 6.26. The Labute approximate surface area is 109 Å². The van der Waals surface area contributed by atoms with Crippen molar-refractivity contribution in [2.24, 2.45) is 0 Å². The first-order valence-corrected chi connectivity index (χ1v) is 5.66. The molecular weight excluding hydrogens is 258 g/mol. The van der Waals surface area contributed by atoms with Crippen molar-refractivity contribution in [2.45, 2.75) is 51.7 Å². The first kappa shape index (κ1) is 17.2. The number of esters is 1. The van der Waals surface area contributed by atoms with Crippen LogP contribution in [-0.4, -0.2) is 39.4 Å². The monoisotopic (exact) mass is 275 g/mol. The average molecular weight is 275 g/mol. The first-order valence-electron chi connectivity index (χ1n) is 5.66. The average Bonchev–Trinajstić information content (AvgIpc) is 2.22. The minimum Gasteiger partial charge on any atom is -0.454 e. The lowest BCUT2D eigenvalue weighted by atomic mass is 10.0. The number of aliphatic hydroxyl groups is 1. The molecule has 8 nitrogen and oxygen atoms in total. The van der Waals surface area contributed by atoms with E-state index in [1.54, 1.807) is 0 Å². The van der Waals surface area contributed by atoms with Crippen molar-refractivity contribution in [3.63, 3.8) is 0 Å². The van der Waals surface area contributed by atoms with Crippen LogP contribution < -0.4 is 0 Å². The second-order valence-corrected chi connectivity index (χ2v) is 4.78. The van der Waals surface area contributed by atoms with Gasteiger partial charge in [-0.3, -0.25) is 14.9 Å². The number of nitrogens with zero attached hydrogens (tertiary/aromatic N) is 1. The van der Waals surface area contributed by atoms with Gasteiger partial charge in [0.25, 0.3) is 0 Å². The number of carbonyl (C=O) groups excluding carboxylic acids is 3. The van der Waals surface area contributed by atoms with E-state index in [-0.39, 0.29) is 6.42 Å². The fourth-order valence-electron chi connectivity index (χ4n) is 1.47. The zero-order chi connectivity index (χ0) is 15.2. The Hall–Kier alpha value is -1.83. The Morgan fingerprint density at radius 2 is 1.84 bits per heavy atom. The summed E-state index contributed by atoms with van der Waals surface area (Å²) in [6.45, 7) is 4.55. The normalized spacial score (nSPS) is 12.6. The van der Waals surface area contributed by atoms with Crippen LogP contribution in [0.4, 0.5) is 0 Å². The predicted octanol–water partition coefficient (Wildman–Crippen LogP) is 0.232. The third kappa shape index (κ3) is 7.24. The van der Waals surface area contributed by atoms with Crippen LogP contribution in [0, 0.1) is 10.1 Å². The number of ether oxygens (including phenoxy) is 1. The van der Waals surface area contributed by atoms with Crippen molar-refractivity contribution in [1.29, 1.82) is 0 Å². The second kappa shape index (κ2) is 6.93. The molecule has 0 bridgehead atoms. The van der Waals surface area contributed by atoms with Gasteiger partial charge in [-0.1, -0.05) is 0 Å². The van der Waals surface area contributed by atoms with Gasteiger partial charge in [0.2, 0.25) is 5.78 Å². The maximum atomic E-state index is 11.4. The molecule has 0 spiro atoms. The summed E-state index contributed by atoms with van der Waals surface area (Å²) in [6.07, 6.45) is -1.78. The van der Waals surface area contributed by atoms with Crippen LogP contribution in [0.25, 0.3) is 0 Å². The molecule has 8 heteroatoms. The number of aliphatic hydroxyl groups excluding tert-OH is 1. The highest BCUT2D eigenvalue weighted by molar-refractivity contribution is 6.33. The maximum Gasteiger partial charge on any atom is 0.445 e. The molecule has 0 aromatic carbocycles. The van der Waals surface area contributed by atoms with E-state index in [0.717, 1.165) is 0 Å². The number of amides is 1. The molecular formula is C11H17NO7. The number of rotatable bonds is 7. The molecule has 1 N–H and O–H groups in total. The lowest BCUT2D eigenvalue weighted by Crippen LogP contribution is -2.34. The van der Waals surface area contributed by atoms with Crippen molar-refractivity contribution in [2.75, 3.05) is 0 Å². The number of carbonyl (C=O) groups is 3. The van der Waals surface area contributed by atoms with E-state index >= 15 is 0 Å². The molecule has 19 heavy (non-hydrogen) atoms. The zero-order valence-corrected chi connectivity index (χ0v) is 11.0. The number of Topliss-reactive ketones (excluding diaryl/α,β-unsaturated/α-hetero) is 1. The third-order valence-electron chi connectivity index (χ3n) is 2.15. The van der Waals surface area contributed by atoms with E-state index in [0.29, 0.717) is 0 Å². The Morgan fingerprint density at radius 1 is 1.32 bits per heavy atom. The fraction of sp³-hybridized carbons (Fsp3) is 0.727. The molecule has 1 unspecified atom stereocenters. The highest BCUT2D eigenvalue weighted by Crippen LogP contribution is 2.17. The van der Waals surface area contributed by atoms with Gasteiger partial charge in [0, 0.05) is 12.8 Å². The van der Waals surface area contributed by atoms with Gasteiger partial charge in [0.05, 0.1) is 12.5 Å². The molecule has 0 aromatic heterocycles. The van der Waals surface area contributed by atoms with Crippen molar-refractivity contribution in [3.8, 4) is 0 Å². The molecule has 0 aliphatic rings. The first-order chi connectivity index (χ1) is 8.55. The topological polar surface area (TPSA) is 124 Å². The van der Waals surface area contributed by atoms with E-state index in [1.807, 2.05) is 0 Å². The molecule has 0 radical (unpaired) electrons. The molecule has 1 amide bonds. The predicted molar refractivity (Wildman–Crippen MR) is 62.7 cm³/mol. The zero-order valence-electron chi connectivity index (χ0n) is 11.0. The van der Waals surface area contributed by atoms with Gasteiger partial charge in [0.1, 0.15) is 10.5 Å². The SMILES string of the molecule is CC(O)CC(C)(C)OC(=O)C(=O)CCC(=O)[N+](=O)[O-]. The minimum atomic E-state index is -1.33. The molecule has 1 atom stereocenters. The minimum absolute atomic E-state index is 0.139. The third-order valence-corrected chi connectivity index (χ3v) is 2.15. The van der Waals surface area contributed by atoms with Crippen LogP contribution in [-0.2, 0) is 19.1 Å². The van der Waals surface area contributed by atoms with Crippen LogP contribution in [0.3, 0.4) is 0 Å². The molecule has 0 saturated carbocycles. The van der Waals surface area contributed by atoms with E-state index in [1.165, 1.54) is 20.8 Å². The lowest BCUT2D eigenvalue weighted by molar-refractivity contribution is -0.402. The molecule has 108 valence electrons. The highest BCUT2D eigenvalue weighted by atomic mass is 16.6. The summed E-state index contributed by atoms with van der Waals surface area (Å²) in [5.74, 6) is -3.50. The van der Waals surface area contributed by atoms with Crippen molar-refractivity contribution in [1.82, 2.24) is 0 Å². The van der Waals surface area contributed by atoms with Gasteiger partial charge in [-0.05, 0) is 20.8 Å². The quantitative estimate of drug-likeness (QED) is 0.305. The van der Waals surface area contributed by atoms with E-state index in [2.05, 4.69) is 0 Å². The standard InChI is InChI=1S/C11H17NO7/c1-7(13)6-11(2,3)19-10(16)8(14)4-5-9(15)12(17)18/h7,13H,4-6H2,1-3H3. The molecule has 0 aliphatic carbocycles. The summed E-state index contributed by atoms with van der Waals surface area (Å²) < 4.78 is 4.87. The van der Waals surface area contributed by atoms with Crippen molar-refractivity contribution in [3.05, 3.63) is 10.1 Å². The van der Waals surface area contributed by atoms with Gasteiger partial charge in [-0.2, -0.15) is 0 Å². The van der Waals surface area contributed by atoms with Crippen molar-refractivity contribution < 1.29 is 29.2 Å². The summed E-state index contributed by atoms with van der Waals surface area (Å²) in [7, 11) is 0. The van der Waals surface area contributed by atoms with Gasteiger partial charge in [-0.15, -0.1) is 0 Å². The van der Waals surface area contributed by atoms with Gasteiger partial charge >= 0.3 is 11.9 Å². The largest absolute Gasteiger partial charge is 0.454 e. The molecule has 0 rings (SSSR count). The smallest absolute Gasteiger partial charge is 0.445 e. The van der Waals surface area contributed by atoms with Crippen LogP contribution in [0.5, 0.6) is 0 Å². The van der Waals surface area contributed by atoms with Crippen LogP contribution in [0.2, 0.25) is 0 Å². The summed E-state index contributed by atoms with van der Waals surface area (Å²) in [4.78, 5) is 42.3. The molecule has 0 saturated heterocycles. The molecule has 0 aromatic rings. The second-order valence-electron chi connectivity index (χ2n) is 4.78. The van der Waals surface area contributed by atoms with Crippen LogP contribution >= 0.6 is 0 Å². The van der Waals surface area contributed by atoms with E-state index in [4.69, 9.17) is 4.74 Å². The highest BCUT2D eigenvalue weighted by Gasteiger charge is 2.29.